The Morgan fingerprint density at radius 3 is 2.51 bits per heavy atom. The molecular formula is C37H51ClN6O8S. The predicted octanol–water partition coefficient (Wildman–Crippen LogP) is 3.96. The van der Waals surface area contributed by atoms with Crippen LogP contribution in [0.3, 0.4) is 0 Å². The molecule has 14 nitrogen and oxygen atoms in total. The molecule has 0 radical (unpaired) electrons. The second-order valence-electron chi connectivity index (χ2n) is 16.4. The molecule has 0 bridgehead atoms. The van der Waals surface area contributed by atoms with Gasteiger partial charge in [-0.3, -0.25) is 24.0 Å². The van der Waals surface area contributed by atoms with Gasteiger partial charge in [-0.05, 0) is 83.4 Å². The lowest BCUT2D eigenvalue weighted by molar-refractivity contribution is -0.141. The van der Waals surface area contributed by atoms with Crippen molar-refractivity contribution in [3.8, 4) is 0 Å². The van der Waals surface area contributed by atoms with Gasteiger partial charge in [0.25, 0.3) is 5.91 Å². The van der Waals surface area contributed by atoms with Crippen molar-refractivity contribution in [3.63, 3.8) is 0 Å². The van der Waals surface area contributed by atoms with Crippen LogP contribution in [0.2, 0.25) is 5.02 Å². The van der Waals surface area contributed by atoms with Gasteiger partial charge in [0.2, 0.25) is 21.8 Å². The van der Waals surface area contributed by atoms with E-state index in [0.29, 0.717) is 37.1 Å². The highest BCUT2D eigenvalue weighted by Crippen LogP contribution is 2.47. The van der Waals surface area contributed by atoms with Crippen molar-refractivity contribution in [1.29, 1.82) is 0 Å². The highest BCUT2D eigenvalue weighted by Gasteiger charge is 2.63. The number of allylic oxidation sites excluding steroid dienone is 1. The number of urea groups is 1. The van der Waals surface area contributed by atoms with Crippen LogP contribution in [-0.4, -0.2) is 101 Å². The number of carbonyl (C=O) groups excluding carboxylic acids is 5. The average Bonchev–Trinajstić information content (AvgIpc) is 3.88. The van der Waals surface area contributed by atoms with E-state index in [1.807, 2.05) is 45.1 Å². The van der Waals surface area contributed by atoms with Gasteiger partial charge in [0.05, 0.1) is 17.8 Å². The molecule has 1 aromatic carbocycles. The summed E-state index contributed by atoms with van der Waals surface area (Å²) in [5.41, 5.74) is -0.350. The fourth-order valence-electron chi connectivity index (χ4n) is 7.22. The van der Waals surface area contributed by atoms with E-state index >= 15 is 0 Å². The number of ether oxygens (including phenoxy) is 1. The van der Waals surface area contributed by atoms with Crippen LogP contribution >= 0.6 is 11.6 Å². The van der Waals surface area contributed by atoms with Gasteiger partial charge in [-0.15, -0.1) is 0 Å². The first-order valence-electron chi connectivity index (χ1n) is 18.5. The molecule has 3 fully saturated rings. The quantitative estimate of drug-likeness (QED) is 0.377. The lowest BCUT2D eigenvalue weighted by atomic mass is 10.0. The molecule has 3 aliphatic heterocycles. The number of nitrogens with zero attached hydrogens (tertiary/aromatic N) is 3. The van der Waals surface area contributed by atoms with Crippen molar-refractivity contribution in [3.05, 3.63) is 46.5 Å². The minimum absolute atomic E-state index is 0.0675. The summed E-state index contributed by atoms with van der Waals surface area (Å²) >= 11 is 6.37. The Labute approximate surface area is 316 Å². The highest BCUT2D eigenvalue weighted by atomic mass is 35.5. The molecule has 5 aliphatic rings. The monoisotopic (exact) mass is 774 g/mol. The Morgan fingerprint density at radius 1 is 1.09 bits per heavy atom. The highest BCUT2D eigenvalue weighted by molar-refractivity contribution is 7.91. The normalized spacial score (nSPS) is 28.9. The summed E-state index contributed by atoms with van der Waals surface area (Å²) < 4.78 is 33.3. The Hall–Kier alpha value is -3.85. The smallest absolute Gasteiger partial charge is 0.410 e. The van der Waals surface area contributed by atoms with Crippen LogP contribution in [0.1, 0.15) is 96.6 Å². The first kappa shape index (κ1) is 38.9. The van der Waals surface area contributed by atoms with E-state index in [1.54, 1.807) is 20.0 Å². The average molecular weight is 775 g/mol. The van der Waals surface area contributed by atoms with E-state index in [4.69, 9.17) is 16.3 Å². The van der Waals surface area contributed by atoms with Crippen molar-refractivity contribution < 1.29 is 37.1 Å². The molecule has 290 valence electrons. The van der Waals surface area contributed by atoms with Gasteiger partial charge in [0, 0.05) is 36.5 Å². The van der Waals surface area contributed by atoms with Crippen molar-refractivity contribution in [2.45, 2.75) is 133 Å². The maximum atomic E-state index is 14.5. The number of sulfonamides is 1. The first-order valence-corrected chi connectivity index (χ1v) is 20.3. The van der Waals surface area contributed by atoms with E-state index in [-0.39, 0.29) is 32.5 Å². The Bertz CT molecular complexity index is 1810. The number of benzene rings is 1. The van der Waals surface area contributed by atoms with E-state index < -0.39 is 79.8 Å². The van der Waals surface area contributed by atoms with Crippen LogP contribution < -0.4 is 15.4 Å². The van der Waals surface area contributed by atoms with Gasteiger partial charge in [0.1, 0.15) is 23.7 Å². The number of hydrogen-bond donors (Lipinski definition) is 3. The second-order valence-corrected chi connectivity index (χ2v) is 19.0. The largest absolute Gasteiger partial charge is 0.444 e. The van der Waals surface area contributed by atoms with Crippen LogP contribution in [-0.2, 0) is 42.2 Å². The van der Waals surface area contributed by atoms with E-state index in [1.165, 1.54) is 14.7 Å². The Kier molecular flexibility index (Phi) is 10.6. The molecule has 1 saturated heterocycles. The molecule has 16 heteroatoms. The van der Waals surface area contributed by atoms with Gasteiger partial charge in [-0.2, -0.15) is 0 Å². The zero-order chi connectivity index (χ0) is 38.5. The molecule has 2 aliphatic carbocycles. The van der Waals surface area contributed by atoms with Crippen LogP contribution in [0.15, 0.2) is 30.4 Å². The van der Waals surface area contributed by atoms with Crippen molar-refractivity contribution in [2.24, 2.45) is 5.92 Å². The number of halogens is 1. The lowest BCUT2D eigenvalue weighted by Crippen LogP contribution is -2.59. The van der Waals surface area contributed by atoms with Gasteiger partial charge >= 0.3 is 12.1 Å². The summed E-state index contributed by atoms with van der Waals surface area (Å²) in [4.78, 5) is 73.8. The summed E-state index contributed by atoms with van der Waals surface area (Å²) in [7, 11) is -2.36. The van der Waals surface area contributed by atoms with Crippen LogP contribution in [0.5, 0.6) is 0 Å². The van der Waals surface area contributed by atoms with Gasteiger partial charge in [0.15, 0.2) is 0 Å². The van der Waals surface area contributed by atoms with E-state index in [0.717, 1.165) is 24.0 Å². The molecule has 6 amide bonds. The van der Waals surface area contributed by atoms with Gasteiger partial charge in [-0.25, -0.2) is 18.0 Å². The number of fused-ring (bicyclic) bond motifs is 3. The number of amides is 6. The lowest BCUT2D eigenvalue weighted by Gasteiger charge is -2.35. The Morgan fingerprint density at radius 2 is 1.83 bits per heavy atom. The summed E-state index contributed by atoms with van der Waals surface area (Å²) in [5.74, 6) is -2.46. The molecule has 0 spiro atoms. The molecular weight excluding hydrogens is 724 g/mol. The fraction of sp³-hybridized carbons (Fsp3) is 0.649. The summed E-state index contributed by atoms with van der Waals surface area (Å²) in [5, 5.41) is 6.28. The first-order chi connectivity index (χ1) is 24.8. The zero-order valence-electron chi connectivity index (χ0n) is 31.1. The third-order valence-electron chi connectivity index (χ3n) is 11.5. The standard InChI is InChI=1S/C37H51ClN6O8S/c1-35(2,3)42(5)33(48)39-28-15-10-8-6-7-9-13-24-19-37(24,32(47)41-53(50,51)36(4)16-17-36)40-30(45)29-18-25(21-44(29)31(28)46)52-34(49)43-20-23-12-11-14-27(38)26(23)22-43/h9,11-14,24-25,28-29H,6-8,10,15-22H2,1-5H3,(H,39,48)(H,40,45)(H,41,47)/b13-9-/t24-,25-,28+,29+,37-/m1/s1. The van der Waals surface area contributed by atoms with Crippen molar-refractivity contribution in [2.75, 3.05) is 13.6 Å². The molecule has 1 aromatic rings. The maximum Gasteiger partial charge on any atom is 0.410 e. The minimum atomic E-state index is -4.00. The molecule has 3 N–H and O–H groups in total. The third kappa shape index (κ3) is 8.01. The second kappa shape index (κ2) is 14.4. The van der Waals surface area contributed by atoms with Crippen LogP contribution in [0, 0.1) is 5.92 Å². The third-order valence-corrected chi connectivity index (χ3v) is 14.0. The predicted molar refractivity (Wildman–Crippen MR) is 197 cm³/mol. The van der Waals surface area contributed by atoms with Gasteiger partial charge < -0.3 is 25.2 Å². The fourth-order valence-corrected chi connectivity index (χ4v) is 8.79. The molecule has 5 atom stereocenters. The van der Waals surface area contributed by atoms with Crippen LogP contribution in [0.25, 0.3) is 0 Å². The van der Waals surface area contributed by atoms with E-state index in [2.05, 4.69) is 15.4 Å². The summed E-state index contributed by atoms with van der Waals surface area (Å²) in [6.07, 6.45) is 6.41. The van der Waals surface area contributed by atoms with Gasteiger partial charge in [-0.1, -0.05) is 48.7 Å². The molecule has 53 heavy (non-hydrogen) atoms. The topological polar surface area (TPSA) is 175 Å². The van der Waals surface area contributed by atoms with E-state index in [9.17, 15) is 32.4 Å². The molecule has 6 rings (SSSR count). The molecule has 3 heterocycles. The molecule has 0 unspecified atom stereocenters. The molecule has 2 saturated carbocycles. The molecule has 0 aromatic heterocycles. The van der Waals surface area contributed by atoms with Crippen LogP contribution in [0.4, 0.5) is 9.59 Å². The summed E-state index contributed by atoms with van der Waals surface area (Å²) in [6, 6.07) is 2.84. The number of nitrogens with one attached hydrogen (secondary N) is 3. The zero-order valence-corrected chi connectivity index (χ0v) is 32.6. The number of hydrogen-bond acceptors (Lipinski definition) is 8. The number of rotatable bonds is 5. The number of carbonyl (C=O) groups is 5. The Balaban J connectivity index is 1.27. The maximum absolute atomic E-state index is 14.5. The minimum Gasteiger partial charge on any atom is -0.444 e. The summed E-state index contributed by atoms with van der Waals surface area (Å²) in [6.45, 7) is 7.61. The SMILES string of the molecule is CN(C(=O)N[C@H]1CCCCC/C=C\[C@@H]2C[C@@]2(C(=O)NS(=O)(=O)C2(C)CC2)NC(=O)[C@@H]2C[C@@H](OC(=O)N3Cc4cccc(Cl)c4C3)CN2C1=O)C(C)(C)C. The van der Waals surface area contributed by atoms with Crippen molar-refractivity contribution in [1.82, 2.24) is 30.1 Å². The van der Waals surface area contributed by atoms with Crippen molar-refractivity contribution >= 4 is 51.5 Å².